The topological polar surface area (TPSA) is 73.6 Å². The molecule has 0 radical (unpaired) electrons. The standard InChI is InChI=1S/C19H17ClN2O4/c1-24-15-5-3-4-12(8-15)18-10-14(22-26-18)11-19(23)21-13-6-7-17(25-2)16(20)9-13/h3-10H,11H2,1-2H3,(H,21,23). The number of halogens is 1. The first kappa shape index (κ1) is 17.8. The summed E-state index contributed by atoms with van der Waals surface area (Å²) in [5.41, 5.74) is 1.93. The van der Waals surface area contributed by atoms with E-state index in [0.717, 1.165) is 11.3 Å². The Bertz CT molecular complexity index is 923. The van der Waals surface area contributed by atoms with Gasteiger partial charge < -0.3 is 19.3 Å². The molecule has 0 saturated heterocycles. The number of hydrogen-bond donors (Lipinski definition) is 1. The molecule has 0 atom stereocenters. The zero-order valence-electron chi connectivity index (χ0n) is 14.3. The zero-order chi connectivity index (χ0) is 18.5. The Morgan fingerprint density at radius 3 is 2.73 bits per heavy atom. The molecule has 1 N–H and O–H groups in total. The van der Waals surface area contributed by atoms with Crippen molar-refractivity contribution in [3.05, 3.63) is 59.2 Å². The fourth-order valence-corrected chi connectivity index (χ4v) is 2.68. The van der Waals surface area contributed by atoms with Crippen molar-refractivity contribution < 1.29 is 18.8 Å². The second-order valence-corrected chi connectivity index (χ2v) is 5.90. The van der Waals surface area contributed by atoms with Gasteiger partial charge in [-0.15, -0.1) is 0 Å². The molecule has 0 aliphatic rings. The monoisotopic (exact) mass is 372 g/mol. The van der Waals surface area contributed by atoms with E-state index in [1.807, 2.05) is 24.3 Å². The minimum absolute atomic E-state index is 0.0805. The molecule has 1 heterocycles. The average Bonchev–Trinajstić information content (AvgIpc) is 3.10. The van der Waals surface area contributed by atoms with Crippen LogP contribution in [0.4, 0.5) is 5.69 Å². The summed E-state index contributed by atoms with van der Waals surface area (Å²) < 4.78 is 15.6. The van der Waals surface area contributed by atoms with Crippen LogP contribution in [-0.4, -0.2) is 25.3 Å². The lowest BCUT2D eigenvalue weighted by molar-refractivity contribution is -0.115. The van der Waals surface area contributed by atoms with Crippen LogP contribution < -0.4 is 14.8 Å². The van der Waals surface area contributed by atoms with E-state index >= 15 is 0 Å². The molecular weight excluding hydrogens is 356 g/mol. The van der Waals surface area contributed by atoms with Crippen molar-refractivity contribution in [2.24, 2.45) is 0 Å². The molecule has 1 aromatic heterocycles. The van der Waals surface area contributed by atoms with Crippen molar-refractivity contribution >= 4 is 23.2 Å². The van der Waals surface area contributed by atoms with Crippen LogP contribution in [0.5, 0.6) is 11.5 Å². The highest BCUT2D eigenvalue weighted by Gasteiger charge is 2.12. The second-order valence-electron chi connectivity index (χ2n) is 5.49. The van der Waals surface area contributed by atoms with Crippen molar-refractivity contribution in [1.82, 2.24) is 5.16 Å². The molecule has 0 aliphatic carbocycles. The Morgan fingerprint density at radius 1 is 1.15 bits per heavy atom. The lowest BCUT2D eigenvalue weighted by Gasteiger charge is -2.07. The van der Waals surface area contributed by atoms with Crippen LogP contribution in [0, 0.1) is 0 Å². The number of nitrogens with zero attached hydrogens (tertiary/aromatic N) is 1. The smallest absolute Gasteiger partial charge is 0.230 e. The molecule has 0 saturated carbocycles. The predicted octanol–water partition coefficient (Wildman–Crippen LogP) is 4.19. The largest absolute Gasteiger partial charge is 0.497 e. The van der Waals surface area contributed by atoms with Gasteiger partial charge in [-0.3, -0.25) is 4.79 Å². The summed E-state index contributed by atoms with van der Waals surface area (Å²) >= 11 is 6.06. The third-order valence-corrected chi connectivity index (χ3v) is 3.99. The molecule has 0 unspecified atom stereocenters. The maximum atomic E-state index is 12.2. The molecule has 0 aliphatic heterocycles. The third-order valence-electron chi connectivity index (χ3n) is 3.69. The Morgan fingerprint density at radius 2 is 2.00 bits per heavy atom. The van der Waals surface area contributed by atoms with Gasteiger partial charge in [0.25, 0.3) is 0 Å². The van der Waals surface area contributed by atoms with Crippen LogP contribution in [0.2, 0.25) is 5.02 Å². The maximum Gasteiger partial charge on any atom is 0.230 e. The van der Waals surface area contributed by atoms with Gasteiger partial charge in [-0.2, -0.15) is 0 Å². The Hall–Kier alpha value is -2.99. The van der Waals surface area contributed by atoms with Gasteiger partial charge in [0.15, 0.2) is 5.76 Å². The molecule has 6 nitrogen and oxygen atoms in total. The van der Waals surface area contributed by atoms with E-state index in [2.05, 4.69) is 10.5 Å². The number of carbonyl (C=O) groups excluding carboxylic acids is 1. The molecule has 7 heteroatoms. The number of methoxy groups -OCH3 is 2. The minimum atomic E-state index is -0.225. The van der Waals surface area contributed by atoms with E-state index in [0.29, 0.717) is 27.9 Å². The van der Waals surface area contributed by atoms with E-state index in [1.165, 1.54) is 7.11 Å². The minimum Gasteiger partial charge on any atom is -0.497 e. The van der Waals surface area contributed by atoms with Crippen molar-refractivity contribution in [2.75, 3.05) is 19.5 Å². The average molecular weight is 373 g/mol. The number of carbonyl (C=O) groups is 1. The molecule has 0 spiro atoms. The van der Waals surface area contributed by atoms with Crippen molar-refractivity contribution in [2.45, 2.75) is 6.42 Å². The lowest BCUT2D eigenvalue weighted by atomic mass is 10.1. The summed E-state index contributed by atoms with van der Waals surface area (Å²) in [6.45, 7) is 0. The van der Waals surface area contributed by atoms with Gasteiger partial charge in [-0.25, -0.2) is 0 Å². The molecule has 26 heavy (non-hydrogen) atoms. The predicted molar refractivity (Wildman–Crippen MR) is 98.8 cm³/mol. The number of rotatable bonds is 6. The first-order valence-electron chi connectivity index (χ1n) is 7.82. The van der Waals surface area contributed by atoms with Gasteiger partial charge >= 0.3 is 0 Å². The number of hydrogen-bond acceptors (Lipinski definition) is 5. The van der Waals surface area contributed by atoms with Gasteiger partial charge in [0.1, 0.15) is 11.5 Å². The summed E-state index contributed by atoms with van der Waals surface area (Å²) in [4.78, 5) is 12.2. The summed E-state index contributed by atoms with van der Waals surface area (Å²) in [5.74, 6) is 1.61. The molecule has 3 aromatic rings. The van der Waals surface area contributed by atoms with Gasteiger partial charge in [-0.1, -0.05) is 28.9 Å². The Kier molecular flexibility index (Phi) is 5.43. The first-order valence-corrected chi connectivity index (χ1v) is 8.20. The summed E-state index contributed by atoms with van der Waals surface area (Å²) in [6.07, 6.45) is 0.0805. The van der Waals surface area contributed by atoms with E-state index in [1.54, 1.807) is 31.4 Å². The molecule has 0 fully saturated rings. The number of nitrogens with one attached hydrogen (secondary N) is 1. The van der Waals surface area contributed by atoms with Crippen LogP contribution >= 0.6 is 11.6 Å². The highest BCUT2D eigenvalue weighted by Crippen LogP contribution is 2.27. The fraction of sp³-hybridized carbons (Fsp3) is 0.158. The first-order chi connectivity index (χ1) is 12.6. The molecule has 3 rings (SSSR count). The van der Waals surface area contributed by atoms with Crippen LogP contribution in [0.15, 0.2) is 53.1 Å². The highest BCUT2D eigenvalue weighted by atomic mass is 35.5. The van der Waals surface area contributed by atoms with Gasteiger partial charge in [0.05, 0.1) is 31.4 Å². The van der Waals surface area contributed by atoms with Crippen molar-refractivity contribution in [3.63, 3.8) is 0 Å². The summed E-state index contributed by atoms with van der Waals surface area (Å²) in [5, 5.41) is 7.14. The highest BCUT2D eigenvalue weighted by molar-refractivity contribution is 6.32. The van der Waals surface area contributed by atoms with Gasteiger partial charge in [-0.05, 0) is 30.3 Å². The van der Waals surface area contributed by atoms with Crippen LogP contribution in [0.25, 0.3) is 11.3 Å². The number of anilines is 1. The SMILES string of the molecule is COc1cccc(-c2cc(CC(=O)Nc3ccc(OC)c(Cl)c3)no2)c1. The van der Waals surface area contributed by atoms with E-state index < -0.39 is 0 Å². The zero-order valence-corrected chi connectivity index (χ0v) is 15.0. The molecule has 1 amide bonds. The third kappa shape index (κ3) is 4.15. The van der Waals surface area contributed by atoms with Crippen molar-refractivity contribution in [1.29, 1.82) is 0 Å². The number of amides is 1. The maximum absolute atomic E-state index is 12.2. The van der Waals surface area contributed by atoms with Crippen LogP contribution in [0.3, 0.4) is 0 Å². The lowest BCUT2D eigenvalue weighted by Crippen LogP contribution is -2.14. The molecule has 2 aromatic carbocycles. The molecular formula is C19H17ClN2O4. The normalized spacial score (nSPS) is 10.4. The number of aromatic nitrogens is 1. The van der Waals surface area contributed by atoms with E-state index in [9.17, 15) is 4.79 Å². The second kappa shape index (κ2) is 7.93. The molecule has 0 bridgehead atoms. The van der Waals surface area contributed by atoms with Crippen LogP contribution in [-0.2, 0) is 11.2 Å². The number of ether oxygens (including phenoxy) is 2. The number of benzene rings is 2. The summed E-state index contributed by atoms with van der Waals surface area (Å²) in [7, 11) is 3.13. The van der Waals surface area contributed by atoms with E-state index in [4.69, 9.17) is 25.6 Å². The van der Waals surface area contributed by atoms with Crippen molar-refractivity contribution in [3.8, 4) is 22.8 Å². The van der Waals surface area contributed by atoms with Gasteiger partial charge in [0.2, 0.25) is 5.91 Å². The van der Waals surface area contributed by atoms with Crippen LogP contribution in [0.1, 0.15) is 5.69 Å². The van der Waals surface area contributed by atoms with E-state index in [-0.39, 0.29) is 12.3 Å². The Balaban J connectivity index is 1.66. The summed E-state index contributed by atoms with van der Waals surface area (Å²) in [6, 6.07) is 14.2. The van der Waals surface area contributed by atoms with Gasteiger partial charge in [0, 0.05) is 17.3 Å². The quantitative estimate of drug-likeness (QED) is 0.702. The molecule has 134 valence electrons. The fourth-order valence-electron chi connectivity index (χ4n) is 2.42. The Labute approximate surface area is 155 Å².